The van der Waals surface area contributed by atoms with Crippen molar-refractivity contribution in [3.8, 4) is 0 Å². The van der Waals surface area contributed by atoms with Crippen LogP contribution in [0.5, 0.6) is 0 Å². The summed E-state index contributed by atoms with van der Waals surface area (Å²) in [5, 5.41) is 4.46. The Morgan fingerprint density at radius 3 is 2.80 bits per heavy atom. The maximum Gasteiger partial charge on any atom is 0.257 e. The third kappa shape index (κ3) is 6.62. The van der Waals surface area contributed by atoms with E-state index in [0.717, 1.165) is 28.6 Å². The second-order valence-corrected chi connectivity index (χ2v) is 9.29. The molecule has 3 N–H and O–H groups in total. The number of hydrogen-bond acceptors (Lipinski definition) is 5. The van der Waals surface area contributed by atoms with E-state index in [0.29, 0.717) is 39.5 Å². The van der Waals surface area contributed by atoms with E-state index in [4.69, 9.17) is 33.5 Å². The number of fused-ring (bicyclic) bond motifs is 1. The van der Waals surface area contributed by atoms with Crippen molar-refractivity contribution in [3.05, 3.63) is 57.6 Å². The Hall–Kier alpha value is -1.77. The summed E-state index contributed by atoms with van der Waals surface area (Å²) < 4.78 is 5.97. The zero-order valence-electron chi connectivity index (χ0n) is 17.0. The Morgan fingerprint density at radius 2 is 2.03 bits per heavy atom. The van der Waals surface area contributed by atoms with Gasteiger partial charge in [-0.1, -0.05) is 47.1 Å². The SMILES string of the molecule is Cc1ccc2nc(SCC(=O)NCCC[N+](C)(N)Cc3ccc(Cl)c(Cl)c3)oc2c1. The highest BCUT2D eigenvalue weighted by atomic mass is 35.5. The molecular weight excluding hydrogens is 443 g/mol. The van der Waals surface area contributed by atoms with E-state index in [-0.39, 0.29) is 11.7 Å². The lowest BCUT2D eigenvalue weighted by atomic mass is 10.2. The third-order valence-corrected chi connectivity index (χ3v) is 6.11. The second-order valence-electron chi connectivity index (χ2n) is 7.55. The van der Waals surface area contributed by atoms with Crippen LogP contribution in [0.25, 0.3) is 11.1 Å². The van der Waals surface area contributed by atoms with E-state index in [1.165, 1.54) is 11.8 Å². The van der Waals surface area contributed by atoms with Crippen molar-refractivity contribution in [1.29, 1.82) is 0 Å². The lowest BCUT2D eigenvalue weighted by molar-refractivity contribution is -0.934. The highest BCUT2D eigenvalue weighted by Gasteiger charge is 2.18. The first-order valence-electron chi connectivity index (χ1n) is 9.55. The summed E-state index contributed by atoms with van der Waals surface area (Å²) in [6.45, 7) is 3.88. The number of oxazole rings is 1. The van der Waals surface area contributed by atoms with Crippen LogP contribution < -0.4 is 11.2 Å². The van der Waals surface area contributed by atoms with Crippen LogP contribution in [0.1, 0.15) is 17.5 Å². The van der Waals surface area contributed by atoms with Gasteiger partial charge in [0.2, 0.25) is 5.91 Å². The number of aromatic nitrogens is 1. The van der Waals surface area contributed by atoms with E-state index >= 15 is 0 Å². The number of benzene rings is 2. The Labute approximate surface area is 190 Å². The van der Waals surface area contributed by atoms with E-state index in [2.05, 4.69) is 10.3 Å². The lowest BCUT2D eigenvalue weighted by Gasteiger charge is -2.28. The first kappa shape index (κ1) is 22.9. The van der Waals surface area contributed by atoms with Gasteiger partial charge in [-0.3, -0.25) is 4.79 Å². The molecule has 0 aliphatic heterocycles. The molecule has 0 spiro atoms. The molecule has 9 heteroatoms. The van der Waals surface area contributed by atoms with Crippen molar-refractivity contribution in [2.24, 2.45) is 5.84 Å². The van der Waals surface area contributed by atoms with Crippen molar-refractivity contribution in [1.82, 2.24) is 10.3 Å². The highest BCUT2D eigenvalue weighted by molar-refractivity contribution is 7.99. The van der Waals surface area contributed by atoms with Crippen LogP contribution in [-0.2, 0) is 11.3 Å². The first-order chi connectivity index (χ1) is 14.2. The molecule has 0 saturated heterocycles. The minimum absolute atomic E-state index is 0.0610. The topological polar surface area (TPSA) is 81.2 Å². The molecular formula is C21H25Cl2N4O2S+. The number of aryl methyl sites for hydroxylation is 1. The van der Waals surface area contributed by atoms with E-state index < -0.39 is 0 Å². The van der Waals surface area contributed by atoms with Gasteiger partial charge in [0.15, 0.2) is 5.58 Å². The summed E-state index contributed by atoms with van der Waals surface area (Å²) in [6, 6.07) is 11.4. The zero-order valence-corrected chi connectivity index (χ0v) is 19.3. The molecule has 1 unspecified atom stereocenters. The number of carbonyl (C=O) groups excluding carboxylic acids is 1. The van der Waals surface area contributed by atoms with Crippen LogP contribution in [0, 0.1) is 6.92 Å². The van der Waals surface area contributed by atoms with Crippen LogP contribution in [0.4, 0.5) is 0 Å². The molecule has 0 radical (unpaired) electrons. The molecule has 0 aliphatic carbocycles. The smallest absolute Gasteiger partial charge is 0.257 e. The normalized spacial score (nSPS) is 13.4. The fourth-order valence-electron chi connectivity index (χ4n) is 3.05. The Bertz CT molecular complexity index is 1040. The monoisotopic (exact) mass is 467 g/mol. The number of carbonyl (C=O) groups is 1. The third-order valence-electron chi connectivity index (χ3n) is 4.55. The molecule has 30 heavy (non-hydrogen) atoms. The van der Waals surface area contributed by atoms with Crippen LogP contribution in [0.15, 0.2) is 46.0 Å². The summed E-state index contributed by atoms with van der Waals surface area (Å²) in [5.74, 6) is 6.55. The van der Waals surface area contributed by atoms with Gasteiger partial charge in [-0.15, -0.1) is 0 Å². The van der Waals surface area contributed by atoms with Crippen LogP contribution in [0.2, 0.25) is 10.0 Å². The summed E-state index contributed by atoms with van der Waals surface area (Å²) in [6.07, 6.45) is 0.757. The van der Waals surface area contributed by atoms with Gasteiger partial charge in [0.1, 0.15) is 12.1 Å². The number of hydrogen-bond donors (Lipinski definition) is 2. The van der Waals surface area contributed by atoms with Crippen molar-refractivity contribution >= 4 is 52.0 Å². The molecule has 3 aromatic rings. The standard InChI is InChI=1S/C21H24Cl2N4O2S/c1-14-4-7-18-19(10-14)29-21(26-18)30-13-20(28)25-8-3-9-27(2,24)12-15-5-6-16(22)17(23)11-15/h4-7,10-11H,3,8-9,12-13,24H2,1-2H3/p+1. The van der Waals surface area contributed by atoms with E-state index in [9.17, 15) is 4.79 Å². The number of nitrogens with one attached hydrogen (secondary N) is 1. The molecule has 1 atom stereocenters. The molecule has 1 heterocycles. The quantitative estimate of drug-likeness (QED) is 0.158. The lowest BCUT2D eigenvalue weighted by Crippen LogP contribution is -2.51. The molecule has 1 amide bonds. The fraction of sp³-hybridized carbons (Fsp3) is 0.333. The minimum Gasteiger partial charge on any atom is -0.431 e. The number of rotatable bonds is 9. The van der Waals surface area contributed by atoms with Crippen LogP contribution >= 0.6 is 35.0 Å². The number of halogens is 2. The van der Waals surface area contributed by atoms with Crippen molar-refractivity contribution < 1.29 is 13.8 Å². The van der Waals surface area contributed by atoms with E-state index in [1.54, 1.807) is 6.07 Å². The largest absolute Gasteiger partial charge is 0.431 e. The molecule has 0 fully saturated rings. The maximum atomic E-state index is 12.1. The van der Waals surface area contributed by atoms with Gasteiger partial charge in [0.05, 0.1) is 29.4 Å². The molecule has 3 rings (SSSR count). The van der Waals surface area contributed by atoms with Gasteiger partial charge in [0, 0.05) is 18.5 Å². The van der Waals surface area contributed by atoms with Gasteiger partial charge in [-0.05, 0) is 36.8 Å². The molecule has 0 aliphatic rings. The first-order valence-corrected chi connectivity index (χ1v) is 11.3. The Kier molecular flexibility index (Phi) is 7.65. The second kappa shape index (κ2) is 10.0. The fourth-order valence-corrected chi connectivity index (χ4v) is 4.04. The molecule has 0 bridgehead atoms. The van der Waals surface area contributed by atoms with Crippen molar-refractivity contribution in [2.45, 2.75) is 25.1 Å². The summed E-state index contributed by atoms with van der Waals surface area (Å²) in [7, 11) is 1.94. The van der Waals surface area contributed by atoms with Gasteiger partial charge >= 0.3 is 0 Å². The number of amides is 1. The van der Waals surface area contributed by atoms with Gasteiger partial charge in [-0.2, -0.15) is 5.84 Å². The average Bonchev–Trinajstić information content (AvgIpc) is 3.08. The summed E-state index contributed by atoms with van der Waals surface area (Å²) >= 11 is 13.3. The Balaban J connectivity index is 1.38. The summed E-state index contributed by atoms with van der Waals surface area (Å²) in [5.41, 5.74) is 3.66. The molecule has 6 nitrogen and oxygen atoms in total. The maximum absolute atomic E-state index is 12.1. The average molecular weight is 468 g/mol. The zero-order chi connectivity index (χ0) is 21.7. The molecule has 160 valence electrons. The predicted molar refractivity (Wildman–Crippen MR) is 123 cm³/mol. The van der Waals surface area contributed by atoms with Crippen molar-refractivity contribution in [2.75, 3.05) is 25.9 Å². The van der Waals surface area contributed by atoms with Gasteiger partial charge in [0.25, 0.3) is 5.22 Å². The predicted octanol–water partition coefficient (Wildman–Crippen LogP) is 4.56. The molecule has 2 aromatic carbocycles. The Morgan fingerprint density at radius 1 is 1.23 bits per heavy atom. The van der Waals surface area contributed by atoms with Gasteiger partial charge < -0.3 is 9.73 Å². The van der Waals surface area contributed by atoms with Crippen LogP contribution in [0.3, 0.4) is 0 Å². The molecule has 1 aromatic heterocycles. The van der Waals surface area contributed by atoms with Crippen molar-refractivity contribution in [3.63, 3.8) is 0 Å². The minimum atomic E-state index is -0.0610. The molecule has 0 saturated carbocycles. The summed E-state index contributed by atoms with van der Waals surface area (Å²) in [4.78, 5) is 16.5. The number of thioether (sulfide) groups is 1. The van der Waals surface area contributed by atoms with Gasteiger partial charge in [-0.25, -0.2) is 9.58 Å². The highest BCUT2D eigenvalue weighted by Crippen LogP contribution is 2.24. The van der Waals surface area contributed by atoms with E-state index in [1.807, 2.05) is 44.3 Å². The number of quaternary nitrogens is 1. The van der Waals surface area contributed by atoms with Crippen LogP contribution in [-0.4, -0.2) is 41.4 Å². The number of nitrogens with zero attached hydrogens (tertiary/aromatic N) is 2. The number of nitrogens with two attached hydrogens (primary N) is 1.